The maximum Gasteiger partial charge on any atom is 0.191 e. The number of thioether (sulfide) groups is 1. The fraction of sp³-hybridized carbons (Fsp3) is 0.350. The largest absolute Gasteiger partial charge is 0.494 e. The predicted molar refractivity (Wildman–Crippen MR) is 106 cm³/mol. The summed E-state index contributed by atoms with van der Waals surface area (Å²) in [4.78, 5) is 4.06. The van der Waals surface area contributed by atoms with Crippen LogP contribution in [0.4, 0.5) is 0 Å². The van der Waals surface area contributed by atoms with Crippen LogP contribution in [0.2, 0.25) is 0 Å². The van der Waals surface area contributed by atoms with Crippen molar-refractivity contribution >= 4 is 11.8 Å². The van der Waals surface area contributed by atoms with Crippen LogP contribution in [0.5, 0.6) is 5.75 Å². The molecule has 0 unspecified atom stereocenters. The quantitative estimate of drug-likeness (QED) is 0.432. The van der Waals surface area contributed by atoms with Crippen LogP contribution < -0.4 is 4.74 Å². The Bertz CT molecular complexity index is 828. The Labute approximate surface area is 158 Å². The molecule has 3 aromatic rings. The second-order valence-electron chi connectivity index (χ2n) is 6.16. The Morgan fingerprint density at radius 1 is 1.04 bits per heavy atom. The summed E-state index contributed by atoms with van der Waals surface area (Å²) < 4.78 is 8.02. The SMILES string of the molecule is CCn1c(SCCCOc2cc(C)cc(C)c2)nnc1-c1ccncc1. The highest BCUT2D eigenvalue weighted by Crippen LogP contribution is 2.24. The fourth-order valence-corrected chi connectivity index (χ4v) is 3.74. The van der Waals surface area contributed by atoms with E-state index >= 15 is 0 Å². The van der Waals surface area contributed by atoms with Crippen molar-refractivity contribution in [2.75, 3.05) is 12.4 Å². The molecule has 2 heterocycles. The van der Waals surface area contributed by atoms with Crippen molar-refractivity contribution in [1.29, 1.82) is 0 Å². The number of pyridine rings is 1. The molecule has 136 valence electrons. The monoisotopic (exact) mass is 368 g/mol. The highest BCUT2D eigenvalue weighted by molar-refractivity contribution is 7.99. The van der Waals surface area contributed by atoms with E-state index in [1.807, 2.05) is 12.1 Å². The summed E-state index contributed by atoms with van der Waals surface area (Å²) in [6, 6.07) is 10.2. The maximum atomic E-state index is 5.87. The van der Waals surface area contributed by atoms with Gasteiger partial charge in [0.1, 0.15) is 5.75 Å². The Balaban J connectivity index is 1.53. The molecule has 5 nitrogen and oxygen atoms in total. The Morgan fingerprint density at radius 3 is 2.46 bits per heavy atom. The lowest BCUT2D eigenvalue weighted by molar-refractivity contribution is 0.318. The Morgan fingerprint density at radius 2 is 1.77 bits per heavy atom. The molecule has 0 N–H and O–H groups in total. The van der Waals surface area contributed by atoms with Crippen LogP contribution in [0.25, 0.3) is 11.4 Å². The first kappa shape index (κ1) is 18.5. The Kier molecular flexibility index (Phi) is 6.28. The Hall–Kier alpha value is -2.34. The first-order valence-electron chi connectivity index (χ1n) is 8.85. The molecule has 0 fully saturated rings. The molecule has 0 radical (unpaired) electrons. The van der Waals surface area contributed by atoms with Crippen molar-refractivity contribution in [2.45, 2.75) is 38.9 Å². The second-order valence-corrected chi connectivity index (χ2v) is 7.22. The average molecular weight is 369 g/mol. The number of hydrogen-bond donors (Lipinski definition) is 0. The lowest BCUT2D eigenvalue weighted by Crippen LogP contribution is -2.02. The first-order chi connectivity index (χ1) is 12.7. The van der Waals surface area contributed by atoms with Crippen molar-refractivity contribution in [3.05, 3.63) is 53.9 Å². The van der Waals surface area contributed by atoms with Gasteiger partial charge in [0.15, 0.2) is 11.0 Å². The lowest BCUT2D eigenvalue weighted by Gasteiger charge is -2.09. The van der Waals surface area contributed by atoms with Crippen molar-refractivity contribution in [3.8, 4) is 17.1 Å². The van der Waals surface area contributed by atoms with Gasteiger partial charge in [-0.2, -0.15) is 0 Å². The van der Waals surface area contributed by atoms with Crippen LogP contribution >= 0.6 is 11.8 Å². The minimum absolute atomic E-state index is 0.702. The molecule has 0 aliphatic heterocycles. The highest BCUT2D eigenvalue weighted by Gasteiger charge is 2.12. The zero-order valence-corrected chi connectivity index (χ0v) is 16.3. The van der Waals surface area contributed by atoms with Crippen molar-refractivity contribution < 1.29 is 4.74 Å². The number of benzene rings is 1. The number of rotatable bonds is 8. The molecule has 0 aliphatic carbocycles. The molecule has 0 aliphatic rings. The van der Waals surface area contributed by atoms with E-state index in [1.54, 1.807) is 24.2 Å². The van der Waals surface area contributed by atoms with E-state index < -0.39 is 0 Å². The van der Waals surface area contributed by atoms with E-state index in [-0.39, 0.29) is 0 Å². The number of nitrogens with zero attached hydrogens (tertiary/aromatic N) is 4. The minimum atomic E-state index is 0.702. The maximum absolute atomic E-state index is 5.87. The number of hydrogen-bond acceptors (Lipinski definition) is 5. The predicted octanol–water partition coefficient (Wildman–Crippen LogP) is 4.54. The topological polar surface area (TPSA) is 52.8 Å². The van der Waals surface area contributed by atoms with Gasteiger partial charge in [-0.25, -0.2) is 0 Å². The molecule has 2 aromatic heterocycles. The van der Waals surface area contributed by atoms with Crippen LogP contribution in [0, 0.1) is 13.8 Å². The van der Waals surface area contributed by atoms with Gasteiger partial charge in [0.2, 0.25) is 0 Å². The normalized spacial score (nSPS) is 10.9. The van der Waals surface area contributed by atoms with Gasteiger partial charge in [-0.3, -0.25) is 4.98 Å². The zero-order valence-electron chi connectivity index (χ0n) is 15.5. The summed E-state index contributed by atoms with van der Waals surface area (Å²) in [7, 11) is 0. The third-order valence-electron chi connectivity index (χ3n) is 3.96. The van der Waals surface area contributed by atoms with E-state index in [2.05, 4.69) is 58.7 Å². The molecule has 3 rings (SSSR count). The number of aryl methyl sites for hydroxylation is 2. The molecule has 1 aromatic carbocycles. The van der Waals surface area contributed by atoms with E-state index in [0.29, 0.717) is 6.61 Å². The second kappa shape index (κ2) is 8.85. The van der Waals surface area contributed by atoms with Gasteiger partial charge in [0.25, 0.3) is 0 Å². The van der Waals surface area contributed by atoms with E-state index in [0.717, 1.165) is 41.0 Å². The molecule has 26 heavy (non-hydrogen) atoms. The molecule has 0 bridgehead atoms. The van der Waals surface area contributed by atoms with Gasteiger partial charge >= 0.3 is 0 Å². The van der Waals surface area contributed by atoms with Gasteiger partial charge < -0.3 is 9.30 Å². The molecule has 6 heteroatoms. The third kappa shape index (κ3) is 4.64. The summed E-state index contributed by atoms with van der Waals surface area (Å²) in [5, 5.41) is 9.66. The van der Waals surface area contributed by atoms with E-state index in [9.17, 15) is 0 Å². The van der Waals surface area contributed by atoms with Crippen molar-refractivity contribution in [3.63, 3.8) is 0 Å². The first-order valence-corrected chi connectivity index (χ1v) is 9.83. The molecular formula is C20H24N4OS. The standard InChI is InChI=1S/C20H24N4OS/c1-4-24-19(17-6-8-21-9-7-17)22-23-20(24)26-11-5-10-25-18-13-15(2)12-16(3)14-18/h6-9,12-14H,4-5,10-11H2,1-3H3. The highest BCUT2D eigenvalue weighted by atomic mass is 32.2. The van der Waals surface area contributed by atoms with Gasteiger partial charge in [-0.15, -0.1) is 10.2 Å². The lowest BCUT2D eigenvalue weighted by atomic mass is 10.1. The average Bonchev–Trinajstić information content (AvgIpc) is 3.04. The van der Waals surface area contributed by atoms with Crippen LogP contribution in [0.15, 0.2) is 47.9 Å². The molecule has 0 saturated carbocycles. The van der Waals surface area contributed by atoms with Crippen LogP contribution in [-0.2, 0) is 6.54 Å². The molecular weight excluding hydrogens is 344 g/mol. The molecule has 0 amide bonds. The summed E-state index contributed by atoms with van der Waals surface area (Å²) in [5.74, 6) is 2.78. The van der Waals surface area contributed by atoms with Gasteiger partial charge in [-0.1, -0.05) is 17.8 Å². The van der Waals surface area contributed by atoms with Gasteiger partial charge in [0.05, 0.1) is 6.61 Å². The van der Waals surface area contributed by atoms with Crippen LogP contribution in [-0.4, -0.2) is 32.1 Å². The van der Waals surface area contributed by atoms with Crippen LogP contribution in [0.1, 0.15) is 24.5 Å². The minimum Gasteiger partial charge on any atom is -0.494 e. The molecule has 0 spiro atoms. The summed E-state index contributed by atoms with van der Waals surface area (Å²) in [5.41, 5.74) is 3.50. The summed E-state index contributed by atoms with van der Waals surface area (Å²) in [6.07, 6.45) is 4.52. The van der Waals surface area contributed by atoms with E-state index in [4.69, 9.17) is 4.74 Å². The summed E-state index contributed by atoms with van der Waals surface area (Å²) in [6.45, 7) is 7.84. The summed E-state index contributed by atoms with van der Waals surface area (Å²) >= 11 is 1.72. The fourth-order valence-electron chi connectivity index (χ4n) is 2.82. The molecule has 0 atom stereocenters. The van der Waals surface area contributed by atoms with Crippen molar-refractivity contribution in [1.82, 2.24) is 19.7 Å². The molecule has 0 saturated heterocycles. The number of aromatic nitrogens is 4. The smallest absolute Gasteiger partial charge is 0.191 e. The zero-order chi connectivity index (χ0) is 18.4. The van der Waals surface area contributed by atoms with E-state index in [1.165, 1.54) is 11.1 Å². The number of ether oxygens (including phenoxy) is 1. The van der Waals surface area contributed by atoms with Gasteiger partial charge in [0, 0.05) is 30.3 Å². The van der Waals surface area contributed by atoms with Crippen molar-refractivity contribution in [2.24, 2.45) is 0 Å². The third-order valence-corrected chi connectivity index (χ3v) is 5.01. The van der Waals surface area contributed by atoms with Crippen LogP contribution in [0.3, 0.4) is 0 Å². The van der Waals surface area contributed by atoms with Gasteiger partial charge in [-0.05, 0) is 62.6 Å².